The van der Waals surface area contributed by atoms with Crippen LogP contribution in [0, 0.1) is 19.8 Å². The summed E-state index contributed by atoms with van der Waals surface area (Å²) in [7, 11) is 0. The summed E-state index contributed by atoms with van der Waals surface area (Å²) in [6.07, 6.45) is 0. The molecule has 0 N–H and O–H groups in total. The van der Waals surface area contributed by atoms with E-state index >= 15 is 0 Å². The van der Waals surface area contributed by atoms with Crippen molar-refractivity contribution in [2.75, 3.05) is 0 Å². The Balaban J connectivity index is 2.50. The molecule has 1 aromatic heterocycles. The quantitative estimate of drug-likeness (QED) is 0.780. The molecule has 17 heavy (non-hydrogen) atoms. The van der Waals surface area contributed by atoms with Gasteiger partial charge >= 0.3 is 0 Å². The van der Waals surface area contributed by atoms with E-state index in [1.165, 1.54) is 11.3 Å². The Morgan fingerprint density at radius 2 is 1.76 bits per heavy atom. The van der Waals surface area contributed by atoms with Crippen molar-refractivity contribution >= 4 is 0 Å². The number of benzene rings is 1. The first kappa shape index (κ1) is 11.9. The van der Waals surface area contributed by atoms with E-state index in [1.54, 1.807) is 0 Å². The van der Waals surface area contributed by atoms with Crippen LogP contribution in [0.3, 0.4) is 0 Å². The summed E-state index contributed by atoms with van der Waals surface area (Å²) in [5, 5.41) is 0. The Morgan fingerprint density at radius 1 is 1.12 bits per heavy atom. The highest BCUT2D eigenvalue weighted by atomic mass is 15.1. The van der Waals surface area contributed by atoms with Crippen LogP contribution >= 0.6 is 0 Å². The van der Waals surface area contributed by atoms with Crippen LogP contribution < -0.4 is 0 Å². The van der Waals surface area contributed by atoms with E-state index in [1.807, 2.05) is 6.07 Å². The number of imidazole rings is 1. The van der Waals surface area contributed by atoms with Gasteiger partial charge in [-0.1, -0.05) is 44.2 Å². The van der Waals surface area contributed by atoms with Gasteiger partial charge in [0.1, 0.15) is 5.82 Å². The Morgan fingerprint density at radius 3 is 2.35 bits per heavy atom. The molecule has 0 unspecified atom stereocenters. The smallest absolute Gasteiger partial charge is 0.140 e. The lowest BCUT2D eigenvalue weighted by Gasteiger charge is -2.12. The largest absolute Gasteiger partial charge is 0.328 e. The maximum Gasteiger partial charge on any atom is 0.140 e. The van der Waals surface area contributed by atoms with Crippen LogP contribution in [0.2, 0.25) is 0 Å². The molecule has 90 valence electrons. The highest BCUT2D eigenvalue weighted by Crippen LogP contribution is 2.22. The summed E-state index contributed by atoms with van der Waals surface area (Å²) in [6.45, 7) is 9.74. The average molecular weight is 228 g/mol. The number of rotatable bonds is 3. The van der Waals surface area contributed by atoms with Gasteiger partial charge in [-0.05, 0) is 19.8 Å². The number of aryl methyl sites for hydroxylation is 1. The molecule has 0 aliphatic carbocycles. The van der Waals surface area contributed by atoms with Crippen LogP contribution in [-0.4, -0.2) is 9.55 Å². The molecule has 0 bridgehead atoms. The molecule has 0 aliphatic rings. The first-order valence-corrected chi connectivity index (χ1v) is 6.18. The van der Waals surface area contributed by atoms with Gasteiger partial charge in [-0.25, -0.2) is 4.98 Å². The van der Waals surface area contributed by atoms with Gasteiger partial charge in [0.15, 0.2) is 0 Å². The minimum Gasteiger partial charge on any atom is -0.328 e. The predicted octanol–water partition coefficient (Wildman–Crippen LogP) is 3.82. The second-order valence-corrected chi connectivity index (χ2v) is 4.98. The van der Waals surface area contributed by atoms with E-state index in [0.29, 0.717) is 5.92 Å². The molecular weight excluding hydrogens is 208 g/mol. The zero-order valence-corrected chi connectivity index (χ0v) is 11.1. The molecule has 0 spiro atoms. The van der Waals surface area contributed by atoms with Crippen molar-refractivity contribution in [1.29, 1.82) is 0 Å². The van der Waals surface area contributed by atoms with E-state index in [4.69, 9.17) is 4.98 Å². The lowest BCUT2D eigenvalue weighted by molar-refractivity contribution is 0.519. The molecule has 0 radical (unpaired) electrons. The first-order valence-electron chi connectivity index (χ1n) is 6.18. The van der Waals surface area contributed by atoms with Crippen molar-refractivity contribution in [3.8, 4) is 11.4 Å². The summed E-state index contributed by atoms with van der Waals surface area (Å²) in [6, 6.07) is 10.4. The fraction of sp³-hybridized carbons (Fsp3) is 0.400. The van der Waals surface area contributed by atoms with Crippen LogP contribution in [0.25, 0.3) is 11.4 Å². The second-order valence-electron chi connectivity index (χ2n) is 4.98. The lowest BCUT2D eigenvalue weighted by Crippen LogP contribution is -2.08. The van der Waals surface area contributed by atoms with Crippen LogP contribution in [-0.2, 0) is 6.54 Å². The predicted molar refractivity (Wildman–Crippen MR) is 72.0 cm³/mol. The molecule has 1 heterocycles. The fourth-order valence-corrected chi connectivity index (χ4v) is 2.05. The maximum atomic E-state index is 4.70. The van der Waals surface area contributed by atoms with E-state index in [9.17, 15) is 0 Å². The number of hydrogen-bond donors (Lipinski definition) is 0. The Labute approximate surface area is 103 Å². The van der Waals surface area contributed by atoms with E-state index in [2.05, 4.69) is 56.5 Å². The summed E-state index contributed by atoms with van der Waals surface area (Å²) >= 11 is 0. The van der Waals surface area contributed by atoms with Gasteiger partial charge in [0, 0.05) is 17.8 Å². The zero-order valence-electron chi connectivity index (χ0n) is 11.1. The van der Waals surface area contributed by atoms with Crippen molar-refractivity contribution in [1.82, 2.24) is 9.55 Å². The molecule has 1 aromatic carbocycles. The van der Waals surface area contributed by atoms with Crippen molar-refractivity contribution in [2.24, 2.45) is 5.92 Å². The SMILES string of the molecule is Cc1nc(-c2ccccc2)n(CC(C)C)c1C. The zero-order chi connectivity index (χ0) is 12.4. The van der Waals surface area contributed by atoms with Crippen LogP contribution in [0.5, 0.6) is 0 Å². The average Bonchev–Trinajstić information content (AvgIpc) is 2.58. The van der Waals surface area contributed by atoms with Crippen molar-refractivity contribution in [3.63, 3.8) is 0 Å². The van der Waals surface area contributed by atoms with Gasteiger partial charge in [0.2, 0.25) is 0 Å². The fourth-order valence-electron chi connectivity index (χ4n) is 2.05. The minimum absolute atomic E-state index is 0.629. The first-order chi connectivity index (χ1) is 8.09. The lowest BCUT2D eigenvalue weighted by atomic mass is 10.2. The van der Waals surface area contributed by atoms with Gasteiger partial charge in [-0.2, -0.15) is 0 Å². The monoisotopic (exact) mass is 228 g/mol. The Hall–Kier alpha value is -1.57. The van der Waals surface area contributed by atoms with Gasteiger partial charge in [-0.3, -0.25) is 0 Å². The van der Waals surface area contributed by atoms with Crippen LogP contribution in [0.15, 0.2) is 30.3 Å². The molecule has 0 amide bonds. The van der Waals surface area contributed by atoms with Gasteiger partial charge in [0.05, 0.1) is 5.69 Å². The van der Waals surface area contributed by atoms with Crippen molar-refractivity contribution in [3.05, 3.63) is 41.7 Å². The van der Waals surface area contributed by atoms with Crippen molar-refractivity contribution < 1.29 is 0 Å². The molecule has 2 nitrogen and oxygen atoms in total. The third-order valence-electron chi connectivity index (χ3n) is 3.04. The molecule has 0 aliphatic heterocycles. The molecular formula is C15H20N2. The molecule has 2 rings (SSSR count). The normalized spacial score (nSPS) is 11.1. The minimum atomic E-state index is 0.629. The molecule has 0 saturated carbocycles. The molecule has 0 fully saturated rings. The molecule has 0 atom stereocenters. The van der Waals surface area contributed by atoms with E-state index in [-0.39, 0.29) is 0 Å². The number of nitrogens with zero attached hydrogens (tertiary/aromatic N) is 2. The highest BCUT2D eigenvalue weighted by Gasteiger charge is 2.13. The summed E-state index contributed by atoms with van der Waals surface area (Å²) in [4.78, 5) is 4.70. The molecule has 0 saturated heterocycles. The maximum absolute atomic E-state index is 4.70. The molecule has 2 heteroatoms. The number of aromatic nitrogens is 2. The summed E-state index contributed by atoms with van der Waals surface area (Å²) in [5.41, 5.74) is 3.60. The third-order valence-corrected chi connectivity index (χ3v) is 3.04. The van der Waals surface area contributed by atoms with Crippen LogP contribution in [0.1, 0.15) is 25.2 Å². The van der Waals surface area contributed by atoms with Gasteiger partial charge in [0.25, 0.3) is 0 Å². The number of hydrogen-bond acceptors (Lipinski definition) is 1. The highest BCUT2D eigenvalue weighted by molar-refractivity contribution is 5.56. The Bertz CT molecular complexity index is 495. The topological polar surface area (TPSA) is 17.8 Å². The van der Waals surface area contributed by atoms with Gasteiger partial charge < -0.3 is 4.57 Å². The van der Waals surface area contributed by atoms with Crippen LogP contribution in [0.4, 0.5) is 0 Å². The molecule has 2 aromatic rings. The summed E-state index contributed by atoms with van der Waals surface area (Å²) in [5.74, 6) is 1.72. The standard InChI is InChI=1S/C15H20N2/c1-11(2)10-17-13(4)12(3)16-15(17)14-8-6-5-7-9-14/h5-9,11H,10H2,1-4H3. The second kappa shape index (κ2) is 4.74. The third kappa shape index (κ3) is 2.41. The van der Waals surface area contributed by atoms with Gasteiger partial charge in [-0.15, -0.1) is 0 Å². The van der Waals surface area contributed by atoms with E-state index in [0.717, 1.165) is 18.1 Å². The summed E-state index contributed by atoms with van der Waals surface area (Å²) < 4.78 is 2.33. The van der Waals surface area contributed by atoms with Crippen molar-refractivity contribution in [2.45, 2.75) is 34.2 Å². The Kier molecular flexibility index (Phi) is 3.32. The van der Waals surface area contributed by atoms with E-state index < -0.39 is 0 Å².